The number of methoxy groups -OCH3 is 2. The first-order chi connectivity index (χ1) is 15.5. The van der Waals surface area contributed by atoms with E-state index in [1.165, 1.54) is 23.4 Å². The molecule has 4 rings (SSSR count). The van der Waals surface area contributed by atoms with Crippen molar-refractivity contribution in [3.63, 3.8) is 0 Å². The maximum Gasteiger partial charge on any atom is 0.278 e. The molecule has 0 aliphatic carbocycles. The number of anilines is 1. The van der Waals surface area contributed by atoms with Gasteiger partial charge in [0, 0.05) is 17.4 Å². The van der Waals surface area contributed by atoms with Crippen molar-refractivity contribution in [2.45, 2.75) is 18.6 Å². The van der Waals surface area contributed by atoms with Gasteiger partial charge in [-0.3, -0.25) is 14.2 Å². The lowest BCUT2D eigenvalue weighted by molar-refractivity contribution is -0.113. The highest BCUT2D eigenvalue weighted by Crippen LogP contribution is 2.30. The van der Waals surface area contributed by atoms with Crippen LogP contribution in [0.3, 0.4) is 0 Å². The highest BCUT2D eigenvalue weighted by molar-refractivity contribution is 7.99. The molecule has 32 heavy (non-hydrogen) atoms. The van der Waals surface area contributed by atoms with Crippen molar-refractivity contribution in [1.82, 2.24) is 14.5 Å². The zero-order valence-corrected chi connectivity index (χ0v) is 18.6. The molecule has 0 fully saturated rings. The monoisotopic (exact) mass is 454 g/mol. The Morgan fingerprint density at radius 3 is 2.75 bits per heavy atom. The van der Waals surface area contributed by atoms with Gasteiger partial charge in [0.1, 0.15) is 11.3 Å². The molecule has 2 N–H and O–H groups in total. The summed E-state index contributed by atoms with van der Waals surface area (Å²) in [6, 6.07) is 10.5. The van der Waals surface area contributed by atoms with Gasteiger partial charge in [-0.2, -0.15) is 0 Å². The fraction of sp³-hybridized carbons (Fsp3) is 0.227. The van der Waals surface area contributed by atoms with Gasteiger partial charge < -0.3 is 24.2 Å². The number of H-pyrrole nitrogens is 1. The van der Waals surface area contributed by atoms with Gasteiger partial charge in [-0.05, 0) is 37.3 Å². The quantitative estimate of drug-likeness (QED) is 0.310. The molecule has 0 saturated carbocycles. The summed E-state index contributed by atoms with van der Waals surface area (Å²) in [6.45, 7) is 2.08. The second-order valence-corrected chi connectivity index (χ2v) is 7.93. The lowest BCUT2D eigenvalue weighted by Crippen LogP contribution is -2.24. The number of aryl methyl sites for hydroxylation is 1. The molecule has 10 heteroatoms. The van der Waals surface area contributed by atoms with Crippen LogP contribution in [0, 0.1) is 6.92 Å². The molecule has 0 spiro atoms. The standard InChI is InChI=1S/C22H22N4O5S/c1-13-9-16-20(23-13)21(28)26(11-15-5-4-8-31-15)22(25-16)32-12-19(27)24-14-6-7-17(29-2)18(10-14)30-3/h4-10,23H,11-12H2,1-3H3,(H,24,27). The average Bonchev–Trinajstić information content (AvgIpc) is 3.43. The number of fused-ring (bicyclic) bond motifs is 1. The van der Waals surface area contributed by atoms with Crippen LogP contribution in [0.25, 0.3) is 11.0 Å². The number of benzene rings is 1. The highest BCUT2D eigenvalue weighted by atomic mass is 32.2. The lowest BCUT2D eigenvalue weighted by Gasteiger charge is -2.12. The number of carbonyl (C=O) groups is 1. The number of carbonyl (C=O) groups excluding carboxylic acids is 1. The van der Waals surface area contributed by atoms with Crippen LogP contribution < -0.4 is 20.3 Å². The van der Waals surface area contributed by atoms with Crippen molar-refractivity contribution >= 4 is 34.4 Å². The highest BCUT2D eigenvalue weighted by Gasteiger charge is 2.16. The lowest BCUT2D eigenvalue weighted by atomic mass is 10.2. The Labute approximate surface area is 187 Å². The van der Waals surface area contributed by atoms with E-state index in [0.717, 1.165) is 5.69 Å². The normalized spacial score (nSPS) is 11.0. The molecule has 0 unspecified atom stereocenters. The number of hydrogen-bond acceptors (Lipinski definition) is 7. The van der Waals surface area contributed by atoms with Crippen LogP contribution in [0.4, 0.5) is 5.69 Å². The summed E-state index contributed by atoms with van der Waals surface area (Å²) in [5, 5.41) is 3.25. The van der Waals surface area contributed by atoms with Gasteiger partial charge >= 0.3 is 0 Å². The summed E-state index contributed by atoms with van der Waals surface area (Å²) in [6.07, 6.45) is 1.55. The zero-order chi connectivity index (χ0) is 22.7. The van der Waals surface area contributed by atoms with Gasteiger partial charge in [0.15, 0.2) is 16.7 Å². The van der Waals surface area contributed by atoms with Gasteiger partial charge in [-0.25, -0.2) is 4.98 Å². The molecule has 4 aromatic rings. The third-order valence-corrected chi connectivity index (χ3v) is 5.71. The number of aromatic nitrogens is 3. The summed E-state index contributed by atoms with van der Waals surface area (Å²) in [5.74, 6) is 1.52. The van der Waals surface area contributed by atoms with Crippen LogP contribution >= 0.6 is 11.8 Å². The summed E-state index contributed by atoms with van der Waals surface area (Å²) in [5.41, 5.74) is 2.18. The minimum absolute atomic E-state index is 0.0633. The summed E-state index contributed by atoms with van der Waals surface area (Å²) in [7, 11) is 3.08. The zero-order valence-electron chi connectivity index (χ0n) is 17.8. The van der Waals surface area contributed by atoms with E-state index in [4.69, 9.17) is 13.9 Å². The van der Waals surface area contributed by atoms with E-state index in [-0.39, 0.29) is 23.8 Å². The van der Waals surface area contributed by atoms with Gasteiger partial charge in [0.2, 0.25) is 5.91 Å². The number of amides is 1. The van der Waals surface area contributed by atoms with Crippen LogP contribution in [0.15, 0.2) is 57.0 Å². The predicted octanol–water partition coefficient (Wildman–Crippen LogP) is 3.42. The predicted molar refractivity (Wildman–Crippen MR) is 122 cm³/mol. The Morgan fingerprint density at radius 2 is 2.03 bits per heavy atom. The number of ether oxygens (including phenoxy) is 2. The molecule has 1 amide bonds. The van der Waals surface area contributed by atoms with Crippen LogP contribution in [-0.4, -0.2) is 40.4 Å². The van der Waals surface area contributed by atoms with Crippen LogP contribution in [0.2, 0.25) is 0 Å². The minimum Gasteiger partial charge on any atom is -0.493 e. The van der Waals surface area contributed by atoms with Crippen LogP contribution in [-0.2, 0) is 11.3 Å². The number of thioether (sulfide) groups is 1. The molecule has 0 atom stereocenters. The first-order valence-electron chi connectivity index (χ1n) is 9.75. The van der Waals surface area contributed by atoms with Gasteiger partial charge in [0.25, 0.3) is 5.56 Å². The van der Waals surface area contributed by atoms with Crippen molar-refractivity contribution in [1.29, 1.82) is 0 Å². The van der Waals surface area contributed by atoms with Crippen molar-refractivity contribution in [2.75, 3.05) is 25.3 Å². The Morgan fingerprint density at radius 1 is 1.22 bits per heavy atom. The molecule has 1 aromatic carbocycles. The summed E-state index contributed by atoms with van der Waals surface area (Å²) < 4.78 is 17.4. The van der Waals surface area contributed by atoms with Crippen molar-refractivity contribution < 1.29 is 18.7 Å². The fourth-order valence-corrected chi connectivity index (χ4v) is 4.06. The number of rotatable bonds is 8. The van der Waals surface area contributed by atoms with Gasteiger partial charge in [-0.15, -0.1) is 0 Å². The smallest absolute Gasteiger partial charge is 0.278 e. The van der Waals surface area contributed by atoms with Crippen molar-refractivity contribution in [2.24, 2.45) is 0 Å². The summed E-state index contributed by atoms with van der Waals surface area (Å²) >= 11 is 1.18. The molecule has 0 aliphatic rings. The van der Waals surface area contributed by atoms with Gasteiger partial charge in [0.05, 0.1) is 38.3 Å². The Bertz CT molecular complexity index is 1310. The van der Waals surface area contributed by atoms with E-state index in [0.29, 0.717) is 39.1 Å². The first-order valence-corrected chi connectivity index (χ1v) is 10.7. The SMILES string of the molecule is COc1ccc(NC(=O)CSc2nc3cc(C)[nH]c3c(=O)n2Cc2ccco2)cc1OC. The van der Waals surface area contributed by atoms with Crippen molar-refractivity contribution in [3.05, 3.63) is 64.5 Å². The maximum atomic E-state index is 13.1. The minimum atomic E-state index is -0.244. The average molecular weight is 455 g/mol. The Kier molecular flexibility index (Phi) is 6.22. The molecule has 3 heterocycles. The van der Waals surface area contributed by atoms with E-state index >= 15 is 0 Å². The molecular weight excluding hydrogens is 432 g/mol. The molecule has 0 aliphatic heterocycles. The van der Waals surface area contributed by atoms with E-state index in [1.807, 2.05) is 13.0 Å². The second kappa shape index (κ2) is 9.23. The van der Waals surface area contributed by atoms with Gasteiger partial charge in [-0.1, -0.05) is 11.8 Å². The molecule has 9 nitrogen and oxygen atoms in total. The first kappa shape index (κ1) is 21.6. The number of hydrogen-bond donors (Lipinski definition) is 2. The number of nitrogens with zero attached hydrogens (tertiary/aromatic N) is 2. The second-order valence-electron chi connectivity index (χ2n) is 6.98. The third kappa shape index (κ3) is 4.50. The largest absolute Gasteiger partial charge is 0.493 e. The Balaban J connectivity index is 1.55. The third-order valence-electron chi connectivity index (χ3n) is 4.73. The van der Waals surface area contributed by atoms with Crippen molar-refractivity contribution in [3.8, 4) is 11.5 Å². The Hall–Kier alpha value is -3.66. The molecule has 0 saturated heterocycles. The summed E-state index contributed by atoms with van der Waals surface area (Å²) in [4.78, 5) is 33.3. The topological polar surface area (TPSA) is 111 Å². The molecule has 166 valence electrons. The number of furan rings is 1. The number of nitrogens with one attached hydrogen (secondary N) is 2. The van der Waals surface area contributed by atoms with E-state index in [1.54, 1.807) is 43.7 Å². The van der Waals surface area contributed by atoms with E-state index in [2.05, 4.69) is 15.3 Å². The van der Waals surface area contributed by atoms with E-state index < -0.39 is 0 Å². The van der Waals surface area contributed by atoms with E-state index in [9.17, 15) is 9.59 Å². The fourth-order valence-electron chi connectivity index (χ4n) is 3.26. The van der Waals surface area contributed by atoms with Crippen LogP contribution in [0.5, 0.6) is 11.5 Å². The molecule has 0 radical (unpaired) electrons. The number of aromatic amines is 1. The molecule has 0 bridgehead atoms. The molecule has 3 aromatic heterocycles. The van der Waals surface area contributed by atoms with Crippen LogP contribution in [0.1, 0.15) is 11.5 Å². The molecular formula is C22H22N4O5S. The maximum absolute atomic E-state index is 13.1.